The average molecular weight is 260 g/mol. The summed E-state index contributed by atoms with van der Waals surface area (Å²) in [5.74, 6) is 0. The van der Waals surface area contributed by atoms with Gasteiger partial charge in [-0.15, -0.1) is 0 Å². The van der Waals surface area contributed by atoms with Gasteiger partial charge < -0.3 is 5.32 Å². The van der Waals surface area contributed by atoms with Gasteiger partial charge in [-0.3, -0.25) is 4.98 Å². The summed E-state index contributed by atoms with van der Waals surface area (Å²) in [6.45, 7) is 8.00. The van der Waals surface area contributed by atoms with Crippen molar-refractivity contribution in [1.29, 1.82) is 0 Å². The first kappa shape index (κ1) is 14.5. The van der Waals surface area contributed by atoms with Crippen LogP contribution in [0, 0.1) is 5.41 Å². The zero-order chi connectivity index (χ0) is 13.7. The van der Waals surface area contributed by atoms with E-state index in [1.165, 1.54) is 36.9 Å². The molecule has 1 heterocycles. The van der Waals surface area contributed by atoms with Gasteiger partial charge in [-0.25, -0.2) is 0 Å². The Hall–Kier alpha value is -0.890. The zero-order valence-corrected chi connectivity index (χ0v) is 12.7. The maximum atomic E-state index is 4.63. The van der Waals surface area contributed by atoms with Gasteiger partial charge in [0.15, 0.2) is 0 Å². The first-order valence-electron chi connectivity index (χ1n) is 7.82. The lowest BCUT2D eigenvalue weighted by Crippen LogP contribution is -2.29. The van der Waals surface area contributed by atoms with E-state index in [9.17, 15) is 0 Å². The molecule has 106 valence electrons. The summed E-state index contributed by atoms with van der Waals surface area (Å²) in [4.78, 5) is 4.63. The Labute approximate surface area is 118 Å². The number of nitrogens with one attached hydrogen (secondary N) is 1. The van der Waals surface area contributed by atoms with Crippen LogP contribution >= 0.6 is 0 Å². The van der Waals surface area contributed by atoms with Crippen LogP contribution in [0.4, 0.5) is 0 Å². The minimum atomic E-state index is 0.437. The Morgan fingerprint density at radius 1 is 1.37 bits per heavy atom. The zero-order valence-electron chi connectivity index (χ0n) is 12.7. The largest absolute Gasteiger partial charge is 0.314 e. The van der Waals surface area contributed by atoms with Crippen molar-refractivity contribution in [2.75, 3.05) is 6.54 Å². The number of pyridine rings is 1. The van der Waals surface area contributed by atoms with Crippen LogP contribution in [0.3, 0.4) is 0 Å². The molecule has 2 atom stereocenters. The summed E-state index contributed by atoms with van der Waals surface area (Å²) in [5.41, 5.74) is 3.03. The smallest absolute Gasteiger partial charge is 0.0409 e. The molecule has 0 saturated heterocycles. The van der Waals surface area contributed by atoms with E-state index >= 15 is 0 Å². The molecule has 2 heteroatoms. The molecule has 19 heavy (non-hydrogen) atoms. The predicted molar refractivity (Wildman–Crippen MR) is 81.4 cm³/mol. The van der Waals surface area contributed by atoms with E-state index in [1.54, 1.807) is 0 Å². The molecular formula is C17H28N2. The molecule has 2 nitrogen and oxygen atoms in total. The van der Waals surface area contributed by atoms with Crippen LogP contribution in [0.15, 0.2) is 18.3 Å². The minimum absolute atomic E-state index is 0.437. The summed E-state index contributed by atoms with van der Waals surface area (Å²) in [6, 6.07) is 5.17. The molecule has 0 radical (unpaired) electrons. The van der Waals surface area contributed by atoms with Crippen LogP contribution in [0.25, 0.3) is 0 Å². The highest BCUT2D eigenvalue weighted by Gasteiger charge is 2.35. The second-order valence-electron chi connectivity index (χ2n) is 6.39. The second-order valence-corrected chi connectivity index (χ2v) is 6.39. The summed E-state index contributed by atoms with van der Waals surface area (Å²) in [5, 5.41) is 3.67. The number of hydrogen-bond acceptors (Lipinski definition) is 2. The molecule has 1 aromatic rings. The molecule has 1 aliphatic rings. The molecule has 0 amide bonds. The Kier molecular flexibility index (Phi) is 4.98. The van der Waals surface area contributed by atoms with E-state index in [4.69, 9.17) is 0 Å². The summed E-state index contributed by atoms with van der Waals surface area (Å²) < 4.78 is 0. The van der Waals surface area contributed by atoms with Gasteiger partial charge in [0.1, 0.15) is 0 Å². The number of rotatable bonds is 6. The van der Waals surface area contributed by atoms with E-state index < -0.39 is 0 Å². The molecule has 1 aliphatic carbocycles. The maximum Gasteiger partial charge on any atom is 0.0409 e. The van der Waals surface area contributed by atoms with Crippen molar-refractivity contribution in [3.8, 4) is 0 Å². The Balaban J connectivity index is 1.90. The summed E-state index contributed by atoms with van der Waals surface area (Å²) in [6.07, 6.45) is 9.42. The molecule has 0 spiro atoms. The quantitative estimate of drug-likeness (QED) is 0.842. The van der Waals surface area contributed by atoms with Crippen LogP contribution in [-0.4, -0.2) is 17.6 Å². The van der Waals surface area contributed by atoms with Gasteiger partial charge in [0.25, 0.3) is 0 Å². The van der Waals surface area contributed by atoms with E-state index in [2.05, 4.69) is 43.2 Å². The maximum absolute atomic E-state index is 4.63. The predicted octanol–water partition coefficient (Wildman–Crippen LogP) is 3.74. The monoisotopic (exact) mass is 260 g/mol. The number of aryl methyl sites for hydroxylation is 1. The summed E-state index contributed by atoms with van der Waals surface area (Å²) >= 11 is 0. The third-order valence-corrected chi connectivity index (χ3v) is 4.42. The van der Waals surface area contributed by atoms with Gasteiger partial charge in [0.05, 0.1) is 0 Å². The van der Waals surface area contributed by atoms with Gasteiger partial charge in [0, 0.05) is 17.9 Å². The third-order valence-electron chi connectivity index (χ3n) is 4.42. The van der Waals surface area contributed by atoms with Gasteiger partial charge in [-0.05, 0) is 62.1 Å². The number of nitrogens with zero attached hydrogens (tertiary/aromatic N) is 1. The van der Waals surface area contributed by atoms with Crippen molar-refractivity contribution in [2.24, 2.45) is 5.41 Å². The molecule has 1 saturated carbocycles. The lowest BCUT2D eigenvalue weighted by atomic mass is 9.83. The van der Waals surface area contributed by atoms with Gasteiger partial charge >= 0.3 is 0 Å². The van der Waals surface area contributed by atoms with Gasteiger partial charge in [0.2, 0.25) is 0 Å². The molecule has 1 aromatic heterocycles. The Morgan fingerprint density at radius 3 is 2.84 bits per heavy atom. The lowest BCUT2D eigenvalue weighted by molar-refractivity contribution is 0.318. The lowest BCUT2D eigenvalue weighted by Gasteiger charge is -2.24. The Morgan fingerprint density at radius 2 is 2.21 bits per heavy atom. The average Bonchev–Trinajstić information content (AvgIpc) is 2.79. The van der Waals surface area contributed by atoms with E-state index in [-0.39, 0.29) is 0 Å². The van der Waals surface area contributed by atoms with Gasteiger partial charge in [-0.1, -0.05) is 26.8 Å². The number of hydrogen-bond donors (Lipinski definition) is 1. The first-order valence-corrected chi connectivity index (χ1v) is 7.82. The highest BCUT2D eigenvalue weighted by Crippen LogP contribution is 2.40. The first-order chi connectivity index (χ1) is 9.15. The fraction of sp³-hybridized carbons (Fsp3) is 0.706. The van der Waals surface area contributed by atoms with Crippen molar-refractivity contribution >= 4 is 0 Å². The van der Waals surface area contributed by atoms with Crippen LogP contribution in [0.1, 0.15) is 57.7 Å². The fourth-order valence-corrected chi connectivity index (χ4v) is 3.21. The third kappa shape index (κ3) is 4.04. The second kappa shape index (κ2) is 6.51. The van der Waals surface area contributed by atoms with E-state index in [0.29, 0.717) is 5.41 Å². The topological polar surface area (TPSA) is 24.9 Å². The molecule has 2 rings (SSSR count). The van der Waals surface area contributed by atoms with E-state index in [0.717, 1.165) is 25.4 Å². The van der Waals surface area contributed by atoms with Crippen molar-refractivity contribution in [2.45, 2.75) is 65.3 Å². The summed E-state index contributed by atoms with van der Waals surface area (Å²) in [7, 11) is 0. The van der Waals surface area contributed by atoms with E-state index in [1.807, 2.05) is 6.20 Å². The molecule has 2 unspecified atom stereocenters. The Bertz CT molecular complexity index is 385. The minimum Gasteiger partial charge on any atom is -0.314 e. The SMILES string of the molecule is CCCNC1CCC(C)(Cc2ccc(CC)cn2)C1. The number of aromatic nitrogens is 1. The molecule has 0 bridgehead atoms. The van der Waals surface area contributed by atoms with Crippen molar-refractivity contribution in [3.05, 3.63) is 29.6 Å². The molecule has 0 aromatic carbocycles. The van der Waals surface area contributed by atoms with Crippen LogP contribution < -0.4 is 5.32 Å². The fourth-order valence-electron chi connectivity index (χ4n) is 3.21. The van der Waals surface area contributed by atoms with Crippen molar-refractivity contribution < 1.29 is 0 Å². The highest BCUT2D eigenvalue weighted by atomic mass is 14.9. The van der Waals surface area contributed by atoms with Crippen molar-refractivity contribution in [3.63, 3.8) is 0 Å². The molecular weight excluding hydrogens is 232 g/mol. The van der Waals surface area contributed by atoms with Crippen LogP contribution in [0.5, 0.6) is 0 Å². The molecule has 1 fully saturated rings. The standard InChI is InChI=1S/C17H28N2/c1-4-10-18-16-8-9-17(3,12-16)11-15-7-6-14(5-2)13-19-15/h6-7,13,16,18H,4-5,8-12H2,1-3H3. The van der Waals surface area contributed by atoms with Crippen molar-refractivity contribution in [1.82, 2.24) is 10.3 Å². The highest BCUT2D eigenvalue weighted by molar-refractivity contribution is 5.15. The molecule has 1 N–H and O–H groups in total. The van der Waals surface area contributed by atoms with Crippen LogP contribution in [0.2, 0.25) is 0 Å². The molecule has 0 aliphatic heterocycles. The normalized spacial score (nSPS) is 26.8. The van der Waals surface area contributed by atoms with Crippen LogP contribution in [-0.2, 0) is 12.8 Å². The van der Waals surface area contributed by atoms with Gasteiger partial charge in [-0.2, -0.15) is 0 Å².